The summed E-state index contributed by atoms with van der Waals surface area (Å²) in [6.45, 7) is 7.97. The number of rotatable bonds is 11. The highest BCUT2D eigenvalue weighted by molar-refractivity contribution is 6.38. The Kier molecular flexibility index (Phi) is 11.5. The molecule has 0 unspecified atom stereocenters. The summed E-state index contributed by atoms with van der Waals surface area (Å²) < 4.78 is 11.5. The molecule has 2 heterocycles. The van der Waals surface area contributed by atoms with Gasteiger partial charge in [0.25, 0.3) is 0 Å². The molecule has 4 rings (SSSR count). The molecule has 0 aliphatic carbocycles. The van der Waals surface area contributed by atoms with Crippen molar-refractivity contribution in [3.05, 3.63) is 106 Å². The number of aromatic amines is 1. The van der Waals surface area contributed by atoms with Crippen molar-refractivity contribution < 1.29 is 19.1 Å². The van der Waals surface area contributed by atoms with Crippen LogP contribution in [0.15, 0.2) is 79.0 Å². The molecular formula is C37H40ClN5O4. The number of carbonyl (C=O) groups excluding carboxylic acids is 2. The average Bonchev–Trinajstić information content (AvgIpc) is 3.37. The van der Waals surface area contributed by atoms with Crippen molar-refractivity contribution in [2.45, 2.75) is 39.7 Å². The van der Waals surface area contributed by atoms with Crippen LogP contribution in [0.3, 0.4) is 0 Å². The average molecular weight is 654 g/mol. The van der Waals surface area contributed by atoms with Crippen molar-refractivity contribution in [2.24, 2.45) is 0 Å². The summed E-state index contributed by atoms with van der Waals surface area (Å²) in [5, 5.41) is 11.4. The molecule has 0 saturated heterocycles. The molecule has 0 aliphatic heterocycles. The van der Waals surface area contributed by atoms with Crippen LogP contribution in [0, 0.1) is 11.3 Å². The number of carbonyl (C=O) groups is 2. The number of nitrogens with one attached hydrogen (secondary N) is 1. The first-order chi connectivity index (χ1) is 22.4. The van der Waals surface area contributed by atoms with Crippen molar-refractivity contribution in [1.29, 1.82) is 5.26 Å². The first kappa shape index (κ1) is 34.8. The summed E-state index contributed by atoms with van der Waals surface area (Å²) in [6.07, 6.45) is 4.88. The quantitative estimate of drug-likeness (QED) is 0.166. The Hall–Kier alpha value is -5.07. The summed E-state index contributed by atoms with van der Waals surface area (Å²) in [4.78, 5) is 35.8. The van der Waals surface area contributed by atoms with Crippen LogP contribution in [-0.2, 0) is 9.53 Å². The molecule has 1 N–H and O–H groups in total. The first-order valence-corrected chi connectivity index (χ1v) is 15.8. The molecule has 0 aliphatic rings. The molecular weight excluding hydrogens is 614 g/mol. The Labute approximate surface area is 281 Å². The van der Waals surface area contributed by atoms with E-state index >= 15 is 0 Å². The zero-order valence-electron chi connectivity index (χ0n) is 27.6. The van der Waals surface area contributed by atoms with E-state index < -0.39 is 11.7 Å². The van der Waals surface area contributed by atoms with Gasteiger partial charge in [0.1, 0.15) is 12.2 Å². The molecule has 0 bridgehead atoms. The van der Waals surface area contributed by atoms with Crippen molar-refractivity contribution in [3.8, 4) is 11.9 Å². The van der Waals surface area contributed by atoms with Gasteiger partial charge in [0, 0.05) is 61.0 Å². The van der Waals surface area contributed by atoms with E-state index in [4.69, 9.17) is 21.1 Å². The highest BCUT2D eigenvalue weighted by Gasteiger charge is 2.23. The molecule has 2 aromatic heterocycles. The number of halogens is 1. The fourth-order valence-electron chi connectivity index (χ4n) is 4.98. The second-order valence-electron chi connectivity index (χ2n) is 12.0. The van der Waals surface area contributed by atoms with Crippen LogP contribution in [0.4, 0.5) is 4.79 Å². The van der Waals surface area contributed by atoms with Crippen LogP contribution in [0.25, 0.3) is 22.0 Å². The lowest BCUT2D eigenvalue weighted by atomic mass is 9.89. The minimum Gasteiger partial charge on any atom is -0.476 e. The SMILES string of the molecule is CC/C(=C(/c1ccc(OCCN(C/C=C/C(=O)N(C)C)C(=O)OC(C)(C)C)nc1)c1[nH]c2ccccc2c1Cl)c1ccccc1C#N. The van der Waals surface area contributed by atoms with Gasteiger partial charge >= 0.3 is 6.09 Å². The van der Waals surface area contributed by atoms with Crippen molar-refractivity contribution in [1.82, 2.24) is 19.8 Å². The van der Waals surface area contributed by atoms with Crippen LogP contribution in [0.5, 0.6) is 5.88 Å². The third-order valence-corrected chi connectivity index (χ3v) is 7.63. The molecule has 10 heteroatoms. The lowest BCUT2D eigenvalue weighted by Crippen LogP contribution is -2.39. The normalized spacial score (nSPS) is 12.0. The van der Waals surface area contributed by atoms with E-state index in [9.17, 15) is 14.9 Å². The minimum atomic E-state index is -0.680. The molecule has 0 atom stereocenters. The monoisotopic (exact) mass is 653 g/mol. The number of aromatic nitrogens is 2. The molecule has 9 nitrogen and oxygen atoms in total. The number of para-hydroxylation sites is 1. The second-order valence-corrected chi connectivity index (χ2v) is 12.4. The van der Waals surface area contributed by atoms with E-state index in [-0.39, 0.29) is 25.6 Å². The van der Waals surface area contributed by atoms with E-state index in [1.807, 2.05) is 55.5 Å². The van der Waals surface area contributed by atoms with Gasteiger partial charge in [-0.1, -0.05) is 61.0 Å². The number of H-pyrrole nitrogens is 1. The lowest BCUT2D eigenvalue weighted by Gasteiger charge is -2.26. The third-order valence-electron chi connectivity index (χ3n) is 7.24. The molecule has 0 spiro atoms. The number of fused-ring (bicyclic) bond motifs is 1. The summed E-state index contributed by atoms with van der Waals surface area (Å²) in [5.74, 6) is 0.188. The van der Waals surface area contributed by atoms with E-state index in [1.165, 1.54) is 15.9 Å². The van der Waals surface area contributed by atoms with Gasteiger partial charge in [-0.25, -0.2) is 9.78 Å². The Balaban J connectivity index is 1.63. The predicted molar refractivity (Wildman–Crippen MR) is 186 cm³/mol. The van der Waals surface area contributed by atoms with Crippen LogP contribution < -0.4 is 4.74 Å². The van der Waals surface area contributed by atoms with Crippen LogP contribution >= 0.6 is 11.6 Å². The summed E-state index contributed by atoms with van der Waals surface area (Å²) >= 11 is 6.98. The van der Waals surface area contributed by atoms with Crippen LogP contribution in [0.2, 0.25) is 5.02 Å². The standard InChI is InChI=1S/C37H40ClN5O4/c1-7-27(28-14-9-8-13-25(28)23-39)33(35-34(38)29-15-10-11-16-30(29)41-35)26-18-19-31(40-24-26)46-22-21-43(36(45)47-37(2,3)4)20-12-17-32(44)42(5)6/h8-19,24,41H,7,20-22H2,1-6H3/b17-12+,33-27+. The Morgan fingerprint density at radius 1 is 1.06 bits per heavy atom. The lowest BCUT2D eigenvalue weighted by molar-refractivity contribution is -0.123. The van der Waals surface area contributed by atoms with Gasteiger partial charge in [-0.15, -0.1) is 0 Å². The van der Waals surface area contributed by atoms with Crippen molar-refractivity contribution in [2.75, 3.05) is 33.8 Å². The van der Waals surface area contributed by atoms with E-state index in [0.717, 1.165) is 38.9 Å². The van der Waals surface area contributed by atoms with Crippen molar-refractivity contribution in [3.63, 3.8) is 0 Å². The Morgan fingerprint density at radius 2 is 1.79 bits per heavy atom. The van der Waals surface area contributed by atoms with Crippen LogP contribution in [0.1, 0.15) is 56.5 Å². The molecule has 0 saturated carbocycles. The van der Waals surface area contributed by atoms with Gasteiger partial charge in [-0.2, -0.15) is 5.26 Å². The molecule has 0 radical (unpaired) electrons. The highest BCUT2D eigenvalue weighted by atomic mass is 35.5. The van der Waals surface area contributed by atoms with Gasteiger partial charge in [-0.3, -0.25) is 4.79 Å². The zero-order valence-corrected chi connectivity index (χ0v) is 28.4. The number of likely N-dealkylation sites (N-methyl/N-ethyl adjacent to an activating group) is 1. The Bertz CT molecular complexity index is 1830. The summed E-state index contributed by atoms with van der Waals surface area (Å²) in [6, 6.07) is 21.4. The second kappa shape index (κ2) is 15.5. The molecule has 4 aromatic rings. The number of amides is 2. The molecule has 47 heavy (non-hydrogen) atoms. The van der Waals surface area contributed by atoms with E-state index in [0.29, 0.717) is 22.9 Å². The first-order valence-electron chi connectivity index (χ1n) is 15.4. The Morgan fingerprint density at radius 3 is 2.43 bits per heavy atom. The number of allylic oxidation sites excluding steroid dienone is 1. The molecule has 2 amide bonds. The number of nitrogens with zero attached hydrogens (tertiary/aromatic N) is 4. The van der Waals surface area contributed by atoms with Gasteiger partial charge in [-0.05, 0) is 56.5 Å². The van der Waals surface area contributed by atoms with Gasteiger partial charge in [0.05, 0.1) is 28.9 Å². The fourth-order valence-corrected chi connectivity index (χ4v) is 5.29. The third kappa shape index (κ3) is 8.81. The number of hydrogen-bond donors (Lipinski definition) is 1. The van der Waals surface area contributed by atoms with Gasteiger partial charge in [0.2, 0.25) is 11.8 Å². The van der Waals surface area contributed by atoms with Gasteiger partial charge < -0.3 is 24.3 Å². The fraction of sp³-hybridized carbons (Fsp3) is 0.297. The predicted octanol–water partition coefficient (Wildman–Crippen LogP) is 7.72. The highest BCUT2D eigenvalue weighted by Crippen LogP contribution is 2.40. The number of nitriles is 1. The smallest absolute Gasteiger partial charge is 0.410 e. The van der Waals surface area contributed by atoms with Crippen LogP contribution in [-0.4, -0.2) is 71.2 Å². The maximum absolute atomic E-state index is 12.9. The number of hydrogen-bond acceptors (Lipinski definition) is 6. The maximum Gasteiger partial charge on any atom is 0.410 e. The van der Waals surface area contributed by atoms with E-state index in [1.54, 1.807) is 59.3 Å². The van der Waals surface area contributed by atoms with E-state index in [2.05, 4.69) is 16.0 Å². The summed E-state index contributed by atoms with van der Waals surface area (Å²) in [7, 11) is 3.32. The molecule has 0 fully saturated rings. The van der Waals surface area contributed by atoms with Gasteiger partial charge in [0.15, 0.2) is 0 Å². The molecule has 244 valence electrons. The number of pyridine rings is 1. The molecule has 2 aromatic carbocycles. The largest absolute Gasteiger partial charge is 0.476 e. The number of ether oxygens (including phenoxy) is 2. The number of benzene rings is 2. The summed E-state index contributed by atoms with van der Waals surface area (Å²) in [5.41, 5.74) is 4.93. The van der Waals surface area contributed by atoms with Crippen molar-refractivity contribution >= 4 is 45.7 Å². The minimum absolute atomic E-state index is 0.146. The topological polar surface area (TPSA) is 112 Å². The zero-order chi connectivity index (χ0) is 34.1. The maximum atomic E-state index is 12.9.